The van der Waals surface area contributed by atoms with Crippen molar-refractivity contribution in [3.8, 4) is 0 Å². The first kappa shape index (κ1) is 13.8. The molecule has 0 heterocycles. The zero-order valence-corrected chi connectivity index (χ0v) is 11.4. The first-order valence-corrected chi connectivity index (χ1v) is 6.58. The van der Waals surface area contributed by atoms with Crippen LogP contribution in [-0.4, -0.2) is 24.4 Å². The Morgan fingerprint density at radius 1 is 1.31 bits per heavy atom. The normalized spacial score (nSPS) is 13.1. The molecule has 0 fully saturated rings. The molecule has 0 saturated carbocycles. The average molecular weight is 260 g/mol. The number of halogens is 2. The number of benzene rings is 1. The predicted molar refractivity (Wildman–Crippen MR) is 72.5 cm³/mol. The Bertz CT molecular complexity index is 315. The van der Waals surface area contributed by atoms with Crippen molar-refractivity contribution in [2.75, 3.05) is 19.5 Å². The van der Waals surface area contributed by atoms with Crippen LogP contribution in [0, 0.1) is 0 Å². The molecule has 16 heavy (non-hydrogen) atoms. The maximum absolute atomic E-state index is 5.98. The van der Waals surface area contributed by atoms with Crippen LogP contribution >= 0.6 is 23.2 Å². The van der Waals surface area contributed by atoms with Gasteiger partial charge in [0.05, 0.1) is 0 Å². The van der Waals surface area contributed by atoms with Gasteiger partial charge in [0.15, 0.2) is 0 Å². The van der Waals surface area contributed by atoms with Crippen LogP contribution in [0.25, 0.3) is 0 Å². The summed E-state index contributed by atoms with van der Waals surface area (Å²) in [5, 5.41) is 0.804. The summed E-state index contributed by atoms with van der Waals surface area (Å²) < 4.78 is 0. The maximum Gasteiger partial charge on any atom is 0.0409 e. The number of alkyl halides is 1. The van der Waals surface area contributed by atoms with Crippen molar-refractivity contribution in [1.82, 2.24) is 4.90 Å². The van der Waals surface area contributed by atoms with E-state index in [0.717, 1.165) is 30.3 Å². The Kier molecular flexibility index (Phi) is 6.18. The minimum Gasteiger partial charge on any atom is -0.300 e. The van der Waals surface area contributed by atoms with Gasteiger partial charge in [0.25, 0.3) is 0 Å². The third kappa shape index (κ3) is 4.32. The van der Waals surface area contributed by atoms with E-state index in [1.807, 2.05) is 18.2 Å². The third-order valence-corrected chi connectivity index (χ3v) is 3.39. The molecule has 3 heteroatoms. The largest absolute Gasteiger partial charge is 0.300 e. The number of nitrogens with zero attached hydrogens (tertiary/aromatic N) is 1. The van der Waals surface area contributed by atoms with Gasteiger partial charge in [-0.3, -0.25) is 4.90 Å². The van der Waals surface area contributed by atoms with Crippen molar-refractivity contribution in [1.29, 1.82) is 0 Å². The fourth-order valence-corrected chi connectivity index (χ4v) is 2.06. The second-order valence-corrected chi connectivity index (χ2v) is 4.92. The van der Waals surface area contributed by atoms with Gasteiger partial charge in [-0.25, -0.2) is 0 Å². The Hall–Kier alpha value is -0.240. The van der Waals surface area contributed by atoms with Crippen LogP contribution in [0.4, 0.5) is 0 Å². The van der Waals surface area contributed by atoms with Crippen LogP contribution in [-0.2, 0) is 0 Å². The first-order valence-electron chi connectivity index (χ1n) is 5.67. The second kappa shape index (κ2) is 7.16. The molecule has 1 nitrogen and oxygen atoms in total. The topological polar surface area (TPSA) is 3.24 Å². The highest BCUT2D eigenvalue weighted by Gasteiger charge is 2.10. The minimum atomic E-state index is 0.397. The summed E-state index contributed by atoms with van der Waals surface area (Å²) in [6, 6.07) is 8.46. The molecule has 1 aromatic carbocycles. The van der Waals surface area contributed by atoms with E-state index in [2.05, 4.69) is 24.9 Å². The van der Waals surface area contributed by atoms with Gasteiger partial charge in [0, 0.05) is 16.9 Å². The molecule has 0 aliphatic heterocycles. The van der Waals surface area contributed by atoms with Crippen LogP contribution in [0.2, 0.25) is 5.02 Å². The van der Waals surface area contributed by atoms with Crippen LogP contribution in [0.15, 0.2) is 24.3 Å². The van der Waals surface area contributed by atoms with Gasteiger partial charge >= 0.3 is 0 Å². The molecule has 0 saturated heterocycles. The standard InChI is InChI=1S/C13H19Cl2N/c1-11(16(2)9-4-3-8-14)12-6-5-7-13(15)10-12/h5-7,10-11H,3-4,8-9H2,1-2H3. The Balaban J connectivity index is 2.52. The fourth-order valence-electron chi connectivity index (χ4n) is 1.67. The zero-order valence-electron chi connectivity index (χ0n) is 9.92. The number of hydrogen-bond donors (Lipinski definition) is 0. The summed E-state index contributed by atoms with van der Waals surface area (Å²) in [5.74, 6) is 0.749. The quantitative estimate of drug-likeness (QED) is 0.543. The van der Waals surface area contributed by atoms with Crippen molar-refractivity contribution < 1.29 is 0 Å². The molecule has 1 aromatic rings. The molecule has 0 N–H and O–H groups in total. The molecule has 1 unspecified atom stereocenters. The van der Waals surface area contributed by atoms with E-state index < -0.39 is 0 Å². The lowest BCUT2D eigenvalue weighted by Crippen LogP contribution is -2.23. The summed E-state index contributed by atoms with van der Waals surface area (Å²) in [4.78, 5) is 2.33. The molecule has 1 rings (SSSR count). The van der Waals surface area contributed by atoms with Gasteiger partial charge in [-0.1, -0.05) is 23.7 Å². The van der Waals surface area contributed by atoms with Crippen molar-refractivity contribution in [2.45, 2.75) is 25.8 Å². The van der Waals surface area contributed by atoms with Crippen molar-refractivity contribution in [3.63, 3.8) is 0 Å². The van der Waals surface area contributed by atoms with Crippen LogP contribution in [0.1, 0.15) is 31.4 Å². The summed E-state index contributed by atoms with van der Waals surface area (Å²) in [7, 11) is 2.14. The summed E-state index contributed by atoms with van der Waals surface area (Å²) in [5.41, 5.74) is 1.26. The van der Waals surface area contributed by atoms with E-state index in [9.17, 15) is 0 Å². The molecule has 0 aromatic heterocycles. The van der Waals surface area contributed by atoms with Gasteiger partial charge in [0.2, 0.25) is 0 Å². The summed E-state index contributed by atoms with van der Waals surface area (Å²) in [6.45, 7) is 3.27. The maximum atomic E-state index is 5.98. The SMILES string of the molecule is CC(c1cccc(Cl)c1)N(C)CCCCCl. The van der Waals surface area contributed by atoms with Gasteiger partial charge in [-0.05, 0) is 51.1 Å². The number of rotatable bonds is 6. The Morgan fingerprint density at radius 3 is 2.69 bits per heavy atom. The van der Waals surface area contributed by atoms with E-state index >= 15 is 0 Å². The smallest absolute Gasteiger partial charge is 0.0409 e. The predicted octanol–water partition coefficient (Wildman–Crippen LogP) is 4.35. The lowest BCUT2D eigenvalue weighted by atomic mass is 10.1. The molecule has 0 radical (unpaired) electrons. The Morgan fingerprint density at radius 2 is 2.06 bits per heavy atom. The highest BCUT2D eigenvalue weighted by molar-refractivity contribution is 6.30. The molecular weight excluding hydrogens is 241 g/mol. The number of unbranched alkanes of at least 4 members (excludes halogenated alkanes) is 1. The lowest BCUT2D eigenvalue weighted by molar-refractivity contribution is 0.258. The molecule has 1 atom stereocenters. The van der Waals surface area contributed by atoms with Crippen LogP contribution < -0.4 is 0 Å². The monoisotopic (exact) mass is 259 g/mol. The van der Waals surface area contributed by atoms with Crippen molar-refractivity contribution in [3.05, 3.63) is 34.9 Å². The number of hydrogen-bond acceptors (Lipinski definition) is 1. The summed E-state index contributed by atoms with van der Waals surface area (Å²) >= 11 is 11.7. The Labute approximate surface area is 108 Å². The third-order valence-electron chi connectivity index (χ3n) is 2.89. The van der Waals surface area contributed by atoms with Crippen molar-refractivity contribution >= 4 is 23.2 Å². The molecular formula is C13H19Cl2N. The first-order chi connectivity index (χ1) is 7.65. The van der Waals surface area contributed by atoms with E-state index in [4.69, 9.17) is 23.2 Å². The van der Waals surface area contributed by atoms with E-state index in [-0.39, 0.29) is 0 Å². The van der Waals surface area contributed by atoms with Gasteiger partial charge in [0.1, 0.15) is 0 Å². The molecule has 0 aliphatic carbocycles. The van der Waals surface area contributed by atoms with E-state index in [1.165, 1.54) is 5.56 Å². The lowest BCUT2D eigenvalue weighted by Gasteiger charge is -2.25. The van der Waals surface area contributed by atoms with Gasteiger partial charge in [-0.2, -0.15) is 0 Å². The highest BCUT2D eigenvalue weighted by atomic mass is 35.5. The second-order valence-electron chi connectivity index (χ2n) is 4.11. The zero-order chi connectivity index (χ0) is 12.0. The minimum absolute atomic E-state index is 0.397. The van der Waals surface area contributed by atoms with Gasteiger partial charge < -0.3 is 0 Å². The van der Waals surface area contributed by atoms with Crippen molar-refractivity contribution in [2.24, 2.45) is 0 Å². The molecule has 0 amide bonds. The van der Waals surface area contributed by atoms with E-state index in [0.29, 0.717) is 6.04 Å². The molecule has 0 spiro atoms. The molecule has 90 valence electrons. The highest BCUT2D eigenvalue weighted by Crippen LogP contribution is 2.21. The molecule has 0 aliphatic rings. The van der Waals surface area contributed by atoms with Crippen LogP contribution in [0.3, 0.4) is 0 Å². The molecule has 0 bridgehead atoms. The fraction of sp³-hybridized carbons (Fsp3) is 0.538. The summed E-state index contributed by atoms with van der Waals surface area (Å²) in [6.07, 6.45) is 2.22. The van der Waals surface area contributed by atoms with E-state index in [1.54, 1.807) is 0 Å². The average Bonchev–Trinajstić information content (AvgIpc) is 2.28. The van der Waals surface area contributed by atoms with Gasteiger partial charge in [-0.15, -0.1) is 11.6 Å². The van der Waals surface area contributed by atoms with Crippen LogP contribution in [0.5, 0.6) is 0 Å².